The summed E-state index contributed by atoms with van der Waals surface area (Å²) in [6.07, 6.45) is 0. The molecular weight excluding hydrogens is 288 g/mol. The Morgan fingerprint density at radius 2 is 1.86 bits per heavy atom. The molecule has 0 saturated carbocycles. The van der Waals surface area contributed by atoms with Gasteiger partial charge >= 0.3 is 0 Å². The van der Waals surface area contributed by atoms with Gasteiger partial charge in [-0.15, -0.1) is 0 Å². The van der Waals surface area contributed by atoms with Gasteiger partial charge in [-0.05, 0) is 29.7 Å². The third-order valence-electron chi connectivity index (χ3n) is 3.74. The van der Waals surface area contributed by atoms with Gasteiger partial charge in [0, 0.05) is 21.2 Å². The molecule has 5 heteroatoms. The van der Waals surface area contributed by atoms with E-state index in [0.29, 0.717) is 16.1 Å². The lowest BCUT2D eigenvalue weighted by Crippen LogP contribution is -2.11. The number of halogens is 1. The largest absolute Gasteiger partial charge is 0.415 e. The second kappa shape index (κ2) is 4.27. The Kier molecular flexibility index (Phi) is 2.50. The first-order valence-electron chi connectivity index (χ1n) is 6.50. The third-order valence-corrected chi connectivity index (χ3v) is 3.98. The molecular formula is C16H11ClN2O2. The van der Waals surface area contributed by atoms with Crippen molar-refractivity contribution in [2.45, 2.75) is 0 Å². The van der Waals surface area contributed by atoms with Gasteiger partial charge in [0.05, 0.1) is 5.52 Å². The lowest BCUT2D eigenvalue weighted by molar-refractivity contribution is 0.188. The van der Waals surface area contributed by atoms with Gasteiger partial charge in [0.2, 0.25) is 0 Å². The van der Waals surface area contributed by atoms with E-state index in [1.807, 2.05) is 36.4 Å². The number of hydrogen-bond acceptors (Lipinski definition) is 2. The van der Waals surface area contributed by atoms with E-state index in [0.717, 1.165) is 21.7 Å². The van der Waals surface area contributed by atoms with Crippen LogP contribution in [0.15, 0.2) is 47.3 Å². The smallest absolute Gasteiger partial charge is 0.257 e. The van der Waals surface area contributed by atoms with Gasteiger partial charge in [-0.2, -0.15) is 4.73 Å². The van der Waals surface area contributed by atoms with E-state index in [1.54, 1.807) is 17.9 Å². The Bertz CT molecular complexity index is 1060. The molecule has 2 aromatic carbocycles. The predicted octanol–water partition coefficient (Wildman–Crippen LogP) is 3.35. The number of hydrogen-bond donors (Lipinski definition) is 1. The van der Waals surface area contributed by atoms with Crippen LogP contribution in [0.4, 0.5) is 0 Å². The number of rotatable bonds is 1. The van der Waals surface area contributed by atoms with Crippen molar-refractivity contribution < 1.29 is 4.84 Å². The van der Waals surface area contributed by atoms with Crippen LogP contribution in [0.25, 0.3) is 32.7 Å². The fraction of sp³-hybridized carbons (Fsp3) is 0.0625. The lowest BCUT2D eigenvalue weighted by Gasteiger charge is -2.04. The maximum atomic E-state index is 12.3. The first kappa shape index (κ1) is 12.3. The summed E-state index contributed by atoms with van der Waals surface area (Å²) in [5.41, 5.74) is 1.37. The summed E-state index contributed by atoms with van der Waals surface area (Å²) in [6.45, 7) is 0. The molecule has 2 aromatic heterocycles. The minimum atomic E-state index is -0.134. The highest BCUT2D eigenvalue weighted by atomic mass is 35.5. The number of nitrogens with one attached hydrogen (secondary N) is 1. The van der Waals surface area contributed by atoms with Crippen molar-refractivity contribution in [3.63, 3.8) is 0 Å². The zero-order valence-corrected chi connectivity index (χ0v) is 11.9. The Balaban J connectivity index is 2.41. The second-order valence-corrected chi connectivity index (χ2v) is 5.30. The summed E-state index contributed by atoms with van der Waals surface area (Å²) < 4.78 is 1.62. The van der Waals surface area contributed by atoms with E-state index in [4.69, 9.17) is 16.4 Å². The Morgan fingerprint density at radius 1 is 1.10 bits per heavy atom. The summed E-state index contributed by atoms with van der Waals surface area (Å²) in [5.74, 6) is 0. The van der Waals surface area contributed by atoms with Gasteiger partial charge in [-0.1, -0.05) is 29.8 Å². The van der Waals surface area contributed by atoms with Crippen LogP contribution in [0.1, 0.15) is 0 Å². The maximum absolute atomic E-state index is 12.3. The predicted molar refractivity (Wildman–Crippen MR) is 85.1 cm³/mol. The van der Waals surface area contributed by atoms with Crippen LogP contribution < -0.4 is 10.4 Å². The summed E-state index contributed by atoms with van der Waals surface area (Å²) in [6, 6.07) is 13.1. The van der Waals surface area contributed by atoms with Crippen LogP contribution in [0.3, 0.4) is 0 Å². The van der Waals surface area contributed by atoms with E-state index < -0.39 is 0 Å². The van der Waals surface area contributed by atoms with E-state index in [1.165, 1.54) is 0 Å². The van der Waals surface area contributed by atoms with Crippen LogP contribution in [0.5, 0.6) is 0 Å². The van der Waals surface area contributed by atoms with Crippen molar-refractivity contribution in [2.75, 3.05) is 7.11 Å². The lowest BCUT2D eigenvalue weighted by atomic mass is 10.1. The van der Waals surface area contributed by atoms with Crippen molar-refractivity contribution in [3.8, 4) is 0 Å². The molecule has 0 radical (unpaired) electrons. The molecule has 0 saturated heterocycles. The SMILES string of the molecule is COn1c2ccc(Cl)cc2c2c3ccccc3c(=O)[nH]c21. The number of H-pyrrole nitrogens is 1. The first-order chi connectivity index (χ1) is 10.2. The van der Waals surface area contributed by atoms with Crippen molar-refractivity contribution in [1.29, 1.82) is 0 Å². The molecule has 0 fully saturated rings. The molecule has 21 heavy (non-hydrogen) atoms. The molecule has 104 valence electrons. The molecule has 2 heterocycles. The van der Waals surface area contributed by atoms with Gasteiger partial charge in [0.15, 0.2) is 5.65 Å². The summed E-state index contributed by atoms with van der Waals surface area (Å²) in [5, 5.41) is 4.07. The number of aromatic amines is 1. The highest BCUT2D eigenvalue weighted by Crippen LogP contribution is 2.32. The minimum Gasteiger partial charge on any atom is -0.415 e. The standard InChI is InChI=1S/C16H11ClN2O2/c1-21-19-13-7-6-9(17)8-12(13)14-10-4-2-3-5-11(10)16(20)18-15(14)19/h2-8H,1H3,(H,18,20). The molecule has 4 nitrogen and oxygen atoms in total. The number of benzene rings is 2. The Labute approximate surface area is 124 Å². The normalized spacial score (nSPS) is 11.5. The van der Waals surface area contributed by atoms with Crippen molar-refractivity contribution in [2.24, 2.45) is 0 Å². The second-order valence-electron chi connectivity index (χ2n) is 4.86. The van der Waals surface area contributed by atoms with E-state index in [-0.39, 0.29) is 5.56 Å². The van der Waals surface area contributed by atoms with Crippen molar-refractivity contribution >= 4 is 44.3 Å². The first-order valence-corrected chi connectivity index (χ1v) is 6.87. The van der Waals surface area contributed by atoms with Gasteiger partial charge in [0.1, 0.15) is 7.11 Å². The number of fused-ring (bicyclic) bond motifs is 5. The van der Waals surface area contributed by atoms with Crippen LogP contribution in [0.2, 0.25) is 5.02 Å². The molecule has 0 aliphatic carbocycles. The fourth-order valence-corrected chi connectivity index (χ4v) is 3.06. The van der Waals surface area contributed by atoms with Gasteiger partial charge in [0.25, 0.3) is 5.56 Å². The number of pyridine rings is 1. The van der Waals surface area contributed by atoms with Gasteiger partial charge in [-0.3, -0.25) is 4.79 Å². The molecule has 1 N–H and O–H groups in total. The topological polar surface area (TPSA) is 47.0 Å². The van der Waals surface area contributed by atoms with Crippen LogP contribution in [-0.2, 0) is 0 Å². The zero-order chi connectivity index (χ0) is 14.6. The zero-order valence-electron chi connectivity index (χ0n) is 11.2. The maximum Gasteiger partial charge on any atom is 0.257 e. The molecule has 0 unspecified atom stereocenters. The molecule has 0 atom stereocenters. The monoisotopic (exact) mass is 298 g/mol. The molecule has 4 rings (SSSR count). The van der Waals surface area contributed by atoms with Crippen LogP contribution in [0, 0.1) is 0 Å². The highest BCUT2D eigenvalue weighted by molar-refractivity contribution is 6.32. The Hall–Kier alpha value is -2.46. The molecule has 0 spiro atoms. The number of aromatic nitrogens is 2. The highest BCUT2D eigenvalue weighted by Gasteiger charge is 2.16. The van der Waals surface area contributed by atoms with Gasteiger partial charge in [-0.25, -0.2) is 0 Å². The molecule has 4 aromatic rings. The minimum absolute atomic E-state index is 0.134. The summed E-state index contributed by atoms with van der Waals surface area (Å²) >= 11 is 6.13. The average Bonchev–Trinajstić information content (AvgIpc) is 2.80. The molecule has 0 amide bonds. The quantitative estimate of drug-likeness (QED) is 0.586. The van der Waals surface area contributed by atoms with E-state index in [9.17, 15) is 4.79 Å². The average molecular weight is 299 g/mol. The molecule has 0 aliphatic heterocycles. The number of nitrogens with zero attached hydrogens (tertiary/aromatic N) is 1. The summed E-state index contributed by atoms with van der Waals surface area (Å²) in [4.78, 5) is 20.6. The van der Waals surface area contributed by atoms with E-state index in [2.05, 4.69) is 4.98 Å². The van der Waals surface area contributed by atoms with Crippen LogP contribution >= 0.6 is 11.6 Å². The van der Waals surface area contributed by atoms with Gasteiger partial charge < -0.3 is 9.82 Å². The third kappa shape index (κ3) is 1.59. The van der Waals surface area contributed by atoms with E-state index >= 15 is 0 Å². The van der Waals surface area contributed by atoms with Crippen molar-refractivity contribution in [3.05, 3.63) is 57.8 Å². The summed E-state index contributed by atoms with van der Waals surface area (Å²) in [7, 11) is 1.57. The molecule has 0 aliphatic rings. The molecule has 0 bridgehead atoms. The fourth-order valence-electron chi connectivity index (χ4n) is 2.88. The Morgan fingerprint density at radius 3 is 2.62 bits per heavy atom. The van der Waals surface area contributed by atoms with Crippen molar-refractivity contribution in [1.82, 2.24) is 9.71 Å². The van der Waals surface area contributed by atoms with Crippen LogP contribution in [-0.4, -0.2) is 16.8 Å².